The van der Waals surface area contributed by atoms with Crippen LogP contribution in [0.1, 0.15) is 0 Å². The van der Waals surface area contributed by atoms with Gasteiger partial charge in [-0.25, -0.2) is 4.79 Å². The standard InChI is InChI=1S/C2HF3O4/c3-2(4,5)9-8-1(6)7/h(H,6,7). The van der Waals surface area contributed by atoms with Crippen LogP contribution in [-0.4, -0.2) is 17.6 Å². The van der Waals surface area contributed by atoms with E-state index in [1.807, 2.05) is 0 Å². The molecule has 0 spiro atoms. The van der Waals surface area contributed by atoms with E-state index in [9.17, 15) is 18.0 Å². The SMILES string of the molecule is O=C(O)OOC(F)(F)F. The number of hydrogen-bond acceptors (Lipinski definition) is 3. The van der Waals surface area contributed by atoms with E-state index >= 15 is 0 Å². The summed E-state index contributed by atoms with van der Waals surface area (Å²) in [6.07, 6.45) is -7.22. The molecule has 0 aliphatic heterocycles. The highest BCUT2D eigenvalue weighted by atomic mass is 19.4. The average Bonchev–Trinajstić information content (AvgIpc) is 1.59. The van der Waals surface area contributed by atoms with Crippen LogP contribution in [-0.2, 0) is 9.78 Å². The van der Waals surface area contributed by atoms with Gasteiger partial charge in [-0.05, 0) is 0 Å². The van der Waals surface area contributed by atoms with Gasteiger partial charge in [-0.2, -0.15) is 0 Å². The molecule has 0 aliphatic rings. The Morgan fingerprint density at radius 2 is 1.89 bits per heavy atom. The predicted molar refractivity (Wildman–Crippen MR) is 16.2 cm³/mol. The summed E-state index contributed by atoms with van der Waals surface area (Å²) in [6.45, 7) is 0. The number of hydrogen-bond donors (Lipinski definition) is 1. The summed E-state index contributed by atoms with van der Waals surface area (Å²) in [7, 11) is 0. The summed E-state index contributed by atoms with van der Waals surface area (Å²) < 4.78 is 32.4. The van der Waals surface area contributed by atoms with Gasteiger partial charge in [0.2, 0.25) is 0 Å². The molecule has 0 aromatic carbocycles. The van der Waals surface area contributed by atoms with Crippen LogP contribution in [0, 0.1) is 0 Å². The minimum Gasteiger partial charge on any atom is -0.448 e. The van der Waals surface area contributed by atoms with E-state index in [4.69, 9.17) is 5.11 Å². The van der Waals surface area contributed by atoms with Crippen molar-refractivity contribution in [2.24, 2.45) is 0 Å². The Hall–Kier alpha value is -0.980. The fourth-order valence-electron chi connectivity index (χ4n) is 0.0829. The van der Waals surface area contributed by atoms with Crippen LogP contribution in [0.15, 0.2) is 0 Å². The van der Waals surface area contributed by atoms with Gasteiger partial charge in [0.05, 0.1) is 0 Å². The zero-order valence-corrected chi connectivity index (χ0v) is 3.81. The summed E-state index contributed by atoms with van der Waals surface area (Å²) in [5.41, 5.74) is 0. The summed E-state index contributed by atoms with van der Waals surface area (Å²) in [5.74, 6) is 0. The van der Waals surface area contributed by atoms with Gasteiger partial charge in [0.15, 0.2) is 0 Å². The molecule has 0 bridgehead atoms. The Balaban J connectivity index is 3.39. The average molecular weight is 146 g/mol. The first kappa shape index (κ1) is 8.02. The van der Waals surface area contributed by atoms with Gasteiger partial charge >= 0.3 is 12.5 Å². The Morgan fingerprint density at radius 1 is 1.44 bits per heavy atom. The van der Waals surface area contributed by atoms with Gasteiger partial charge in [-0.15, -0.1) is 13.2 Å². The molecule has 0 heterocycles. The summed E-state index contributed by atoms with van der Waals surface area (Å²) in [6, 6.07) is 0. The zero-order chi connectivity index (χ0) is 7.49. The molecule has 0 fully saturated rings. The van der Waals surface area contributed by atoms with Crippen LogP contribution in [0.25, 0.3) is 0 Å². The zero-order valence-electron chi connectivity index (χ0n) is 3.81. The maximum Gasteiger partial charge on any atom is 0.558 e. The lowest BCUT2D eigenvalue weighted by atomic mass is 11.4. The number of alkyl halides is 3. The van der Waals surface area contributed by atoms with E-state index < -0.39 is 12.5 Å². The van der Waals surface area contributed by atoms with E-state index in [0.29, 0.717) is 0 Å². The minimum absolute atomic E-state index is 2.15. The van der Waals surface area contributed by atoms with Crippen molar-refractivity contribution in [3.05, 3.63) is 0 Å². The van der Waals surface area contributed by atoms with Crippen molar-refractivity contribution in [1.82, 2.24) is 0 Å². The Kier molecular flexibility index (Phi) is 2.26. The third-order valence-electron chi connectivity index (χ3n) is 0.207. The van der Waals surface area contributed by atoms with Crippen molar-refractivity contribution < 1.29 is 32.8 Å². The molecule has 54 valence electrons. The molecule has 0 aliphatic carbocycles. The molecule has 0 saturated heterocycles. The van der Waals surface area contributed by atoms with Crippen molar-refractivity contribution in [1.29, 1.82) is 0 Å². The quantitative estimate of drug-likeness (QED) is 0.445. The van der Waals surface area contributed by atoms with E-state index in [1.165, 1.54) is 0 Å². The molecule has 9 heavy (non-hydrogen) atoms. The molecular formula is C2HF3O4. The van der Waals surface area contributed by atoms with E-state index in [2.05, 4.69) is 9.78 Å². The largest absolute Gasteiger partial charge is 0.558 e. The second kappa shape index (κ2) is 2.53. The molecule has 0 amide bonds. The molecule has 0 aromatic heterocycles. The topological polar surface area (TPSA) is 55.8 Å². The van der Waals surface area contributed by atoms with E-state index in [0.717, 1.165) is 0 Å². The molecule has 7 heteroatoms. The molecule has 0 rings (SSSR count). The van der Waals surface area contributed by atoms with Crippen molar-refractivity contribution in [3.8, 4) is 0 Å². The van der Waals surface area contributed by atoms with Gasteiger partial charge in [0.1, 0.15) is 0 Å². The maximum absolute atomic E-state index is 10.8. The lowest BCUT2D eigenvalue weighted by molar-refractivity contribution is -0.461. The normalized spacial score (nSPS) is 11.0. The van der Waals surface area contributed by atoms with Crippen molar-refractivity contribution >= 4 is 6.16 Å². The lowest BCUT2D eigenvalue weighted by Crippen LogP contribution is -2.16. The van der Waals surface area contributed by atoms with Crippen molar-refractivity contribution in [2.45, 2.75) is 6.36 Å². The van der Waals surface area contributed by atoms with E-state index in [-0.39, 0.29) is 0 Å². The van der Waals surface area contributed by atoms with Gasteiger partial charge in [0.25, 0.3) is 0 Å². The highest BCUT2D eigenvalue weighted by Gasteiger charge is 2.33. The van der Waals surface area contributed by atoms with Crippen molar-refractivity contribution in [3.63, 3.8) is 0 Å². The van der Waals surface area contributed by atoms with Crippen LogP contribution in [0.5, 0.6) is 0 Å². The summed E-state index contributed by atoms with van der Waals surface area (Å²) in [4.78, 5) is 14.3. The molecule has 0 unspecified atom stereocenters. The van der Waals surface area contributed by atoms with Crippen molar-refractivity contribution in [2.75, 3.05) is 0 Å². The van der Waals surface area contributed by atoms with Gasteiger partial charge in [0, 0.05) is 0 Å². The number of carboxylic acid groups (broad SMARTS) is 1. The molecule has 1 N–H and O–H groups in total. The first-order valence-electron chi connectivity index (χ1n) is 1.57. The number of halogens is 3. The Morgan fingerprint density at radius 3 is 2.00 bits per heavy atom. The fourth-order valence-corrected chi connectivity index (χ4v) is 0.0829. The number of carbonyl (C=O) groups is 1. The monoisotopic (exact) mass is 146 g/mol. The Labute approximate surface area is 46.7 Å². The third kappa shape index (κ3) is 7.02. The van der Waals surface area contributed by atoms with Crippen LogP contribution < -0.4 is 0 Å². The van der Waals surface area contributed by atoms with Gasteiger partial charge in [-0.3, -0.25) is 4.89 Å². The highest BCUT2D eigenvalue weighted by Crippen LogP contribution is 2.15. The fraction of sp³-hybridized carbons (Fsp3) is 0.500. The second-order valence-corrected chi connectivity index (χ2v) is 0.878. The van der Waals surface area contributed by atoms with Crippen LogP contribution in [0.3, 0.4) is 0 Å². The predicted octanol–water partition coefficient (Wildman–Crippen LogP) is 1.13. The summed E-state index contributed by atoms with van der Waals surface area (Å²) >= 11 is 0. The third-order valence-corrected chi connectivity index (χ3v) is 0.207. The van der Waals surface area contributed by atoms with E-state index in [1.54, 1.807) is 0 Å². The molecule has 4 nitrogen and oxygen atoms in total. The molecule has 0 aromatic rings. The van der Waals surface area contributed by atoms with Gasteiger partial charge in [-0.1, -0.05) is 4.89 Å². The smallest absolute Gasteiger partial charge is 0.448 e. The van der Waals surface area contributed by atoms with Gasteiger partial charge < -0.3 is 5.11 Å². The Bertz CT molecular complexity index is 107. The first-order chi connectivity index (χ1) is 3.92. The lowest BCUT2D eigenvalue weighted by Gasteiger charge is -2.00. The first-order valence-corrected chi connectivity index (χ1v) is 1.57. The molecule has 0 radical (unpaired) electrons. The molecule has 0 atom stereocenters. The number of rotatable bonds is 1. The molecular weight excluding hydrogens is 145 g/mol. The summed E-state index contributed by atoms with van der Waals surface area (Å²) in [5, 5.41) is 7.43. The van der Waals surface area contributed by atoms with Crippen LogP contribution in [0.4, 0.5) is 18.0 Å². The highest BCUT2D eigenvalue weighted by molar-refractivity contribution is 5.55. The molecule has 0 saturated carbocycles. The second-order valence-electron chi connectivity index (χ2n) is 0.878. The van der Waals surface area contributed by atoms with Crippen LogP contribution in [0.2, 0.25) is 0 Å². The minimum atomic E-state index is -5.07. The van der Waals surface area contributed by atoms with Crippen LogP contribution >= 0.6 is 0 Å². The maximum atomic E-state index is 10.8.